The summed E-state index contributed by atoms with van der Waals surface area (Å²) in [5, 5.41) is 13.9. The quantitative estimate of drug-likeness (QED) is 0.292. The zero-order valence-corrected chi connectivity index (χ0v) is 29.4. The van der Waals surface area contributed by atoms with Crippen molar-refractivity contribution >= 4 is 47.0 Å². The van der Waals surface area contributed by atoms with E-state index in [9.17, 15) is 28.8 Å². The highest BCUT2D eigenvalue weighted by molar-refractivity contribution is 6.31. The third kappa shape index (κ3) is 10.6. The molecule has 0 spiro atoms. The van der Waals surface area contributed by atoms with Crippen LogP contribution in [0.5, 0.6) is 11.5 Å². The fraction of sp³-hybridized carbons (Fsp3) is 0.486. The van der Waals surface area contributed by atoms with Gasteiger partial charge in [0.15, 0.2) is 11.5 Å². The molecule has 0 bridgehead atoms. The molecule has 14 nitrogen and oxygen atoms in total. The van der Waals surface area contributed by atoms with Crippen LogP contribution in [0.1, 0.15) is 44.7 Å². The Kier molecular flexibility index (Phi) is 13.4. The van der Waals surface area contributed by atoms with Crippen molar-refractivity contribution in [2.45, 2.75) is 70.6 Å². The minimum absolute atomic E-state index is 0.117. The molecule has 1 fully saturated rings. The smallest absolute Gasteiger partial charge is 0.245 e. The van der Waals surface area contributed by atoms with Gasteiger partial charge in [-0.3, -0.25) is 28.8 Å². The Balaban J connectivity index is 1.52. The van der Waals surface area contributed by atoms with E-state index in [4.69, 9.17) is 21.1 Å². The van der Waals surface area contributed by atoms with Gasteiger partial charge in [0.1, 0.15) is 37.4 Å². The number of benzene rings is 2. The van der Waals surface area contributed by atoms with Crippen LogP contribution in [-0.4, -0.2) is 97.9 Å². The highest BCUT2D eigenvalue weighted by Gasteiger charge is 2.32. The van der Waals surface area contributed by atoms with Crippen molar-refractivity contribution in [3.05, 3.63) is 58.6 Å². The fourth-order valence-electron chi connectivity index (χ4n) is 5.58. The first-order valence-corrected chi connectivity index (χ1v) is 17.0. The lowest BCUT2D eigenvalue weighted by atomic mass is 10.0. The van der Waals surface area contributed by atoms with Crippen LogP contribution in [0.25, 0.3) is 0 Å². The monoisotopic (exact) mass is 712 g/mol. The maximum absolute atomic E-state index is 13.6. The molecule has 0 aromatic heterocycles. The van der Waals surface area contributed by atoms with E-state index in [1.54, 1.807) is 26.0 Å². The summed E-state index contributed by atoms with van der Waals surface area (Å²) in [4.78, 5) is 81.2. The van der Waals surface area contributed by atoms with E-state index in [1.165, 1.54) is 18.9 Å². The second-order valence-electron chi connectivity index (χ2n) is 12.8. The molecule has 2 aromatic rings. The summed E-state index contributed by atoms with van der Waals surface area (Å²) in [7, 11) is 1.46. The van der Waals surface area contributed by atoms with Crippen molar-refractivity contribution in [2.75, 3.05) is 33.4 Å². The molecule has 2 heterocycles. The van der Waals surface area contributed by atoms with Gasteiger partial charge >= 0.3 is 0 Å². The summed E-state index contributed by atoms with van der Waals surface area (Å²) < 4.78 is 11.1. The number of ether oxygens (including phenoxy) is 2. The molecule has 0 radical (unpaired) electrons. The van der Waals surface area contributed by atoms with Gasteiger partial charge in [0, 0.05) is 31.1 Å². The molecule has 6 amide bonds. The zero-order valence-electron chi connectivity index (χ0n) is 28.7. The summed E-state index contributed by atoms with van der Waals surface area (Å²) in [6, 6.07) is 8.08. The molecule has 1 saturated heterocycles. The number of rotatable bonds is 6. The zero-order chi connectivity index (χ0) is 36.4. The number of fused-ring (bicyclic) bond motifs is 1. The van der Waals surface area contributed by atoms with Gasteiger partial charge in [-0.15, -0.1) is 0 Å². The Labute approximate surface area is 296 Å². The number of nitrogens with one attached hydrogen (secondary N) is 5. The molecular formula is C35H45ClN6O8. The van der Waals surface area contributed by atoms with Gasteiger partial charge in [0.05, 0.1) is 13.0 Å². The first-order chi connectivity index (χ1) is 23.8. The highest BCUT2D eigenvalue weighted by Crippen LogP contribution is 2.35. The first kappa shape index (κ1) is 38.0. The Bertz CT molecular complexity index is 1570. The summed E-state index contributed by atoms with van der Waals surface area (Å²) in [6.07, 6.45) is 0.403. The molecule has 2 aromatic carbocycles. The van der Waals surface area contributed by atoms with Gasteiger partial charge in [0.2, 0.25) is 35.4 Å². The standard InChI is InChI=1S/C35H45ClN6O8/c1-20(2)31-34(47)38-21(3)32(45)40-26(15-22-9-6-5-7-10-22)35(48)42(4)19-30(44)37-12-8-11-25(33(46)41-31)39-29(43)17-23-16-27-28(18-24(23)36)50-14-13-49-27/h5-7,9-10,16,18,20-21,25-26,31H,8,11-15,17,19H2,1-4H3,(H,37,44)(H,38,47)(H,39,43)(H,40,45)(H,41,46)/t21-,25+,26+,31-/m1/s1. The average molecular weight is 713 g/mol. The summed E-state index contributed by atoms with van der Waals surface area (Å²) >= 11 is 6.41. The minimum Gasteiger partial charge on any atom is -0.486 e. The maximum atomic E-state index is 13.6. The van der Waals surface area contributed by atoms with E-state index < -0.39 is 65.5 Å². The van der Waals surface area contributed by atoms with Crippen molar-refractivity contribution < 1.29 is 38.2 Å². The van der Waals surface area contributed by atoms with Crippen molar-refractivity contribution in [1.29, 1.82) is 0 Å². The van der Waals surface area contributed by atoms with E-state index in [1.807, 2.05) is 30.3 Å². The number of carbonyl (C=O) groups excluding carboxylic acids is 6. The predicted octanol–water partition coefficient (Wildman–Crippen LogP) is 0.880. The number of halogens is 1. The lowest BCUT2D eigenvalue weighted by Crippen LogP contribution is -2.59. The fourth-order valence-corrected chi connectivity index (χ4v) is 5.80. The molecule has 5 N–H and O–H groups in total. The SMILES string of the molecule is CC(C)[C@H]1NC(=O)[C@@H](NC(=O)Cc2cc3c(cc2Cl)OCCO3)CCCNC(=O)CN(C)C(=O)[C@H](Cc2ccccc2)NC(=O)[C@@H](C)NC1=O. The number of carbonyl (C=O) groups is 6. The van der Waals surface area contributed by atoms with Crippen LogP contribution in [0, 0.1) is 5.92 Å². The Morgan fingerprint density at radius 3 is 2.32 bits per heavy atom. The van der Waals surface area contributed by atoms with E-state index in [-0.39, 0.29) is 38.8 Å². The van der Waals surface area contributed by atoms with Crippen LogP contribution in [0.15, 0.2) is 42.5 Å². The van der Waals surface area contributed by atoms with E-state index in [0.29, 0.717) is 35.3 Å². The van der Waals surface area contributed by atoms with Crippen LogP contribution < -0.4 is 36.1 Å². The maximum Gasteiger partial charge on any atom is 0.245 e. The van der Waals surface area contributed by atoms with Crippen molar-refractivity contribution in [1.82, 2.24) is 31.5 Å². The Morgan fingerprint density at radius 2 is 1.64 bits per heavy atom. The molecule has 50 heavy (non-hydrogen) atoms. The van der Waals surface area contributed by atoms with E-state index >= 15 is 0 Å². The normalized spacial score (nSPS) is 22.8. The molecule has 0 saturated carbocycles. The minimum atomic E-state index is -1.08. The predicted molar refractivity (Wildman–Crippen MR) is 184 cm³/mol. The Hall–Kier alpha value is -4.85. The summed E-state index contributed by atoms with van der Waals surface area (Å²) in [6.45, 7) is 5.54. The van der Waals surface area contributed by atoms with Gasteiger partial charge in [-0.25, -0.2) is 0 Å². The molecule has 0 unspecified atom stereocenters. The average Bonchev–Trinajstić information content (AvgIpc) is 3.07. The third-order valence-electron chi connectivity index (χ3n) is 8.36. The first-order valence-electron chi connectivity index (χ1n) is 16.7. The molecule has 270 valence electrons. The Morgan fingerprint density at radius 1 is 0.960 bits per heavy atom. The summed E-state index contributed by atoms with van der Waals surface area (Å²) in [5.74, 6) is -2.73. The van der Waals surface area contributed by atoms with Crippen LogP contribution in [-0.2, 0) is 41.6 Å². The van der Waals surface area contributed by atoms with E-state index in [2.05, 4.69) is 26.6 Å². The van der Waals surface area contributed by atoms with Crippen LogP contribution in [0.2, 0.25) is 5.02 Å². The van der Waals surface area contributed by atoms with Gasteiger partial charge in [0.25, 0.3) is 0 Å². The number of likely N-dealkylation sites (N-methyl/N-ethyl adjacent to an activating group) is 1. The topological polar surface area (TPSA) is 184 Å². The molecular weight excluding hydrogens is 668 g/mol. The highest BCUT2D eigenvalue weighted by atomic mass is 35.5. The van der Waals surface area contributed by atoms with Crippen LogP contribution >= 0.6 is 11.6 Å². The van der Waals surface area contributed by atoms with Crippen molar-refractivity contribution in [2.24, 2.45) is 5.92 Å². The number of amides is 6. The molecule has 2 aliphatic heterocycles. The van der Waals surface area contributed by atoms with Crippen LogP contribution in [0.4, 0.5) is 0 Å². The summed E-state index contributed by atoms with van der Waals surface area (Å²) in [5.41, 5.74) is 1.26. The second kappa shape index (κ2) is 17.7. The second-order valence-corrected chi connectivity index (χ2v) is 13.2. The molecule has 15 heteroatoms. The van der Waals surface area contributed by atoms with Crippen molar-refractivity contribution in [3.8, 4) is 11.5 Å². The van der Waals surface area contributed by atoms with Crippen LogP contribution in [0.3, 0.4) is 0 Å². The number of hydrogen-bond acceptors (Lipinski definition) is 8. The van der Waals surface area contributed by atoms with Gasteiger partial charge in [-0.2, -0.15) is 0 Å². The lowest BCUT2D eigenvalue weighted by molar-refractivity contribution is -0.139. The molecule has 0 aliphatic carbocycles. The number of hydrogen-bond donors (Lipinski definition) is 5. The van der Waals surface area contributed by atoms with Gasteiger partial charge in [-0.05, 0) is 42.9 Å². The number of nitrogens with zero attached hydrogens (tertiary/aromatic N) is 1. The van der Waals surface area contributed by atoms with Gasteiger partial charge < -0.3 is 41.0 Å². The largest absolute Gasteiger partial charge is 0.486 e. The van der Waals surface area contributed by atoms with Crippen molar-refractivity contribution in [3.63, 3.8) is 0 Å². The lowest BCUT2D eigenvalue weighted by Gasteiger charge is -2.28. The molecule has 4 rings (SSSR count). The van der Waals surface area contributed by atoms with Gasteiger partial charge in [-0.1, -0.05) is 55.8 Å². The molecule has 2 aliphatic rings. The van der Waals surface area contributed by atoms with E-state index in [0.717, 1.165) is 5.56 Å². The molecule has 4 atom stereocenters. The third-order valence-corrected chi connectivity index (χ3v) is 8.71.